The molecule has 0 aromatic heterocycles. The molecule has 0 aromatic carbocycles. The summed E-state index contributed by atoms with van der Waals surface area (Å²) < 4.78 is 0. The van der Waals surface area contributed by atoms with E-state index in [-0.39, 0.29) is 23.2 Å². The van der Waals surface area contributed by atoms with Gasteiger partial charge < -0.3 is 15.5 Å². The van der Waals surface area contributed by atoms with Crippen LogP contribution >= 0.6 is 0 Å². The van der Waals surface area contributed by atoms with E-state index < -0.39 is 5.23 Å². The summed E-state index contributed by atoms with van der Waals surface area (Å²) in [6.45, 7) is 3.63. The summed E-state index contributed by atoms with van der Waals surface area (Å²) in [4.78, 5) is 0. The third-order valence-corrected chi connectivity index (χ3v) is 2.60. The lowest BCUT2D eigenvalue weighted by Gasteiger charge is -2.42. The Morgan fingerprint density at radius 3 is 2.08 bits per heavy atom. The Balaban J connectivity index is 2.53. The Bertz CT molecular complexity index is 142. The van der Waals surface area contributed by atoms with E-state index in [0.717, 1.165) is 0 Å². The molecule has 5 heteroatoms. The predicted molar refractivity (Wildman–Crippen MR) is 42.4 cm³/mol. The molecule has 1 aliphatic heterocycles. The zero-order chi connectivity index (χ0) is 9.30. The van der Waals surface area contributed by atoms with E-state index >= 15 is 0 Å². The van der Waals surface area contributed by atoms with Crippen LogP contribution in [0, 0.1) is 10.4 Å². The molecule has 0 aliphatic carbocycles. The first-order chi connectivity index (χ1) is 5.52. The van der Waals surface area contributed by atoms with Gasteiger partial charge in [-0.05, 0) is 13.8 Å². The molecule has 3 N–H and O–H groups in total. The van der Waals surface area contributed by atoms with Gasteiger partial charge in [0, 0.05) is 0 Å². The molecule has 1 aliphatic rings. The van der Waals surface area contributed by atoms with Gasteiger partial charge >= 0.3 is 0 Å². The first-order valence-electron chi connectivity index (χ1n) is 4.29. The topological polar surface area (TPSA) is 75.2 Å². The van der Waals surface area contributed by atoms with Crippen molar-refractivity contribution in [3.63, 3.8) is 0 Å². The predicted octanol–water partition coefficient (Wildman–Crippen LogP) is -1.92. The van der Waals surface area contributed by atoms with Gasteiger partial charge in [-0.2, -0.15) is 0 Å². The van der Waals surface area contributed by atoms with Crippen LogP contribution in [0.5, 0.6) is 0 Å². The van der Waals surface area contributed by atoms with Crippen LogP contribution in [-0.2, 0) is 0 Å². The molecule has 0 bridgehead atoms. The molecule has 5 nitrogen and oxygen atoms in total. The Hall–Kier alpha value is -0.200. The van der Waals surface area contributed by atoms with Gasteiger partial charge in [0.05, 0.1) is 24.9 Å². The SMILES string of the molecule is CC1CC([NH+]([O-])O)CC(C)[NH+]1[O-]. The molecule has 1 rings (SSSR count). The summed E-state index contributed by atoms with van der Waals surface area (Å²) in [5.41, 5.74) is 0. The minimum atomic E-state index is -0.763. The minimum absolute atomic E-state index is 0.0742. The maximum Gasteiger partial charge on any atom is 0.128 e. The highest BCUT2D eigenvalue weighted by atomic mass is 16.8. The van der Waals surface area contributed by atoms with Crippen molar-refractivity contribution >= 4 is 0 Å². The third-order valence-electron chi connectivity index (χ3n) is 2.60. The van der Waals surface area contributed by atoms with E-state index in [0.29, 0.717) is 12.8 Å². The molecule has 72 valence electrons. The van der Waals surface area contributed by atoms with Crippen LogP contribution in [0.15, 0.2) is 0 Å². The fourth-order valence-electron chi connectivity index (χ4n) is 1.87. The number of hydrogen-bond acceptors (Lipinski definition) is 3. The number of piperidine rings is 1. The van der Waals surface area contributed by atoms with Gasteiger partial charge in [0.15, 0.2) is 0 Å². The largest absolute Gasteiger partial charge is 0.634 e. The Morgan fingerprint density at radius 1 is 1.33 bits per heavy atom. The van der Waals surface area contributed by atoms with Gasteiger partial charge in [-0.3, -0.25) is 0 Å². The van der Waals surface area contributed by atoms with Crippen molar-refractivity contribution in [2.75, 3.05) is 0 Å². The monoisotopic (exact) mass is 176 g/mol. The highest BCUT2D eigenvalue weighted by molar-refractivity contribution is 4.70. The van der Waals surface area contributed by atoms with E-state index in [1.165, 1.54) is 0 Å². The van der Waals surface area contributed by atoms with Gasteiger partial charge in [-0.1, -0.05) is 0 Å². The maximum absolute atomic E-state index is 11.3. The lowest BCUT2D eigenvalue weighted by atomic mass is 9.95. The standard InChI is InChI=1S/C7H16N2O3/c1-5-3-7(9(11)12)4-6(2)8(5)10/h5-9,11H,3-4H2,1-2H3. The first kappa shape index (κ1) is 9.88. The molecular formula is C7H16N2O3. The van der Waals surface area contributed by atoms with Gasteiger partial charge in [-0.15, -0.1) is 0 Å². The molecule has 0 amide bonds. The van der Waals surface area contributed by atoms with E-state index in [1.54, 1.807) is 0 Å². The lowest BCUT2D eigenvalue weighted by Crippen LogP contribution is -3.19. The van der Waals surface area contributed by atoms with Crippen LogP contribution in [0.1, 0.15) is 26.7 Å². The summed E-state index contributed by atoms with van der Waals surface area (Å²) in [7, 11) is 0. The maximum atomic E-state index is 11.3. The van der Waals surface area contributed by atoms with Crippen molar-refractivity contribution in [3.8, 4) is 0 Å². The summed E-state index contributed by atoms with van der Waals surface area (Å²) >= 11 is 0. The molecule has 1 fully saturated rings. The molecule has 0 spiro atoms. The van der Waals surface area contributed by atoms with Gasteiger partial charge in [0.25, 0.3) is 0 Å². The second-order valence-corrected chi connectivity index (χ2v) is 3.71. The summed E-state index contributed by atoms with van der Waals surface area (Å²) in [6.07, 6.45) is 1.02. The second kappa shape index (κ2) is 3.68. The first-order valence-corrected chi connectivity index (χ1v) is 4.29. The molecule has 1 saturated heterocycles. The lowest BCUT2D eigenvalue weighted by molar-refractivity contribution is -1.08. The van der Waals surface area contributed by atoms with Crippen LogP contribution in [0.2, 0.25) is 0 Å². The zero-order valence-corrected chi connectivity index (χ0v) is 7.41. The van der Waals surface area contributed by atoms with Crippen molar-refractivity contribution in [3.05, 3.63) is 10.4 Å². The normalized spacial score (nSPS) is 45.8. The number of rotatable bonds is 1. The van der Waals surface area contributed by atoms with E-state index in [2.05, 4.69) is 0 Å². The van der Waals surface area contributed by atoms with Crippen molar-refractivity contribution in [1.29, 1.82) is 0 Å². The molecule has 12 heavy (non-hydrogen) atoms. The van der Waals surface area contributed by atoms with Crippen LogP contribution in [0.25, 0.3) is 0 Å². The molecule has 1 heterocycles. The Morgan fingerprint density at radius 2 is 1.75 bits per heavy atom. The van der Waals surface area contributed by atoms with Crippen LogP contribution in [-0.4, -0.2) is 23.3 Å². The van der Waals surface area contributed by atoms with Crippen LogP contribution in [0.4, 0.5) is 0 Å². The van der Waals surface area contributed by atoms with Crippen molar-refractivity contribution in [2.45, 2.75) is 44.8 Å². The summed E-state index contributed by atoms with van der Waals surface area (Å²) in [5.74, 6) is 0. The fraction of sp³-hybridized carbons (Fsp3) is 1.00. The van der Waals surface area contributed by atoms with Crippen molar-refractivity contribution < 1.29 is 15.5 Å². The van der Waals surface area contributed by atoms with Gasteiger partial charge in [-0.25, -0.2) is 10.4 Å². The molecule has 0 aromatic rings. The highest BCUT2D eigenvalue weighted by Crippen LogP contribution is 2.05. The Kier molecular flexibility index (Phi) is 3.03. The number of hydroxylamine groups is 4. The van der Waals surface area contributed by atoms with E-state index in [4.69, 9.17) is 5.21 Å². The average Bonchev–Trinajstić information content (AvgIpc) is 1.99. The number of hydrogen-bond donors (Lipinski definition) is 3. The number of nitrogens with one attached hydrogen (secondary N) is 2. The van der Waals surface area contributed by atoms with Gasteiger partial charge in [0.2, 0.25) is 0 Å². The highest BCUT2D eigenvalue weighted by Gasteiger charge is 2.33. The molecule has 0 saturated carbocycles. The Labute approximate surface area is 71.7 Å². The van der Waals surface area contributed by atoms with E-state index in [1.807, 2.05) is 13.8 Å². The smallest absolute Gasteiger partial charge is 0.128 e. The van der Waals surface area contributed by atoms with Crippen molar-refractivity contribution in [2.24, 2.45) is 0 Å². The zero-order valence-electron chi connectivity index (χ0n) is 7.41. The molecular weight excluding hydrogens is 160 g/mol. The average molecular weight is 176 g/mol. The third kappa shape index (κ3) is 1.94. The van der Waals surface area contributed by atoms with Crippen molar-refractivity contribution in [1.82, 2.24) is 0 Å². The minimum Gasteiger partial charge on any atom is -0.634 e. The van der Waals surface area contributed by atoms with Crippen LogP contribution < -0.4 is 10.3 Å². The molecule has 3 unspecified atom stereocenters. The van der Waals surface area contributed by atoms with Gasteiger partial charge in [0.1, 0.15) is 6.04 Å². The van der Waals surface area contributed by atoms with Crippen LogP contribution in [0.3, 0.4) is 0 Å². The summed E-state index contributed by atoms with van der Waals surface area (Å²) in [5, 5.41) is 30.1. The summed E-state index contributed by atoms with van der Waals surface area (Å²) in [6, 6.07) is -0.461. The number of quaternary nitrogens is 2. The fourth-order valence-corrected chi connectivity index (χ4v) is 1.87. The molecule has 3 atom stereocenters. The molecule has 0 radical (unpaired) electrons. The van der Waals surface area contributed by atoms with E-state index in [9.17, 15) is 10.4 Å². The quantitative estimate of drug-likeness (QED) is 0.322. The second-order valence-electron chi connectivity index (χ2n) is 3.71.